The lowest BCUT2D eigenvalue weighted by molar-refractivity contribution is -0.385. The van der Waals surface area contributed by atoms with Crippen LogP contribution in [0.2, 0.25) is 0 Å². The Hall–Kier alpha value is -5.06. The topological polar surface area (TPSA) is 138 Å². The number of para-hydroxylation sites is 2. The first-order valence-electron chi connectivity index (χ1n) is 13.8. The normalized spacial score (nSPS) is 13.8. The van der Waals surface area contributed by atoms with Crippen LogP contribution in [-0.2, 0) is 4.79 Å². The number of amides is 1. The molecule has 0 radical (unpaired) electrons. The van der Waals surface area contributed by atoms with Crippen molar-refractivity contribution in [2.45, 2.75) is 44.9 Å². The smallest absolute Gasteiger partial charge is 0.315 e. The van der Waals surface area contributed by atoms with E-state index in [4.69, 9.17) is 14.5 Å². The highest BCUT2D eigenvalue weighted by Crippen LogP contribution is 2.38. The average molecular weight is 570 g/mol. The number of methoxy groups -OCH3 is 1. The fourth-order valence-electron chi connectivity index (χ4n) is 5.15. The highest BCUT2D eigenvalue weighted by Gasteiger charge is 2.25. The van der Waals surface area contributed by atoms with E-state index in [1.807, 2.05) is 31.2 Å². The van der Waals surface area contributed by atoms with Crippen molar-refractivity contribution in [1.82, 2.24) is 9.66 Å². The minimum atomic E-state index is -0.619. The van der Waals surface area contributed by atoms with Gasteiger partial charge in [0.25, 0.3) is 11.5 Å². The van der Waals surface area contributed by atoms with E-state index in [0.29, 0.717) is 28.0 Å². The van der Waals surface area contributed by atoms with Crippen molar-refractivity contribution in [3.63, 3.8) is 0 Å². The Morgan fingerprint density at radius 1 is 1.14 bits per heavy atom. The van der Waals surface area contributed by atoms with Gasteiger partial charge < -0.3 is 14.8 Å². The summed E-state index contributed by atoms with van der Waals surface area (Å²) < 4.78 is 12.3. The zero-order valence-corrected chi connectivity index (χ0v) is 23.4. The molecule has 0 bridgehead atoms. The third kappa shape index (κ3) is 6.14. The van der Waals surface area contributed by atoms with Crippen LogP contribution in [0.5, 0.6) is 11.5 Å². The molecule has 1 aliphatic carbocycles. The zero-order valence-electron chi connectivity index (χ0n) is 23.4. The molecule has 0 aliphatic heterocycles. The number of nitrogens with zero attached hydrogens (tertiary/aromatic N) is 4. The van der Waals surface area contributed by atoms with Gasteiger partial charge in [-0.05, 0) is 49.6 Å². The van der Waals surface area contributed by atoms with Crippen LogP contribution in [0.3, 0.4) is 0 Å². The quantitative estimate of drug-likeness (QED) is 0.158. The first-order chi connectivity index (χ1) is 20.4. The molecule has 0 unspecified atom stereocenters. The van der Waals surface area contributed by atoms with Gasteiger partial charge in [-0.1, -0.05) is 49.6 Å². The van der Waals surface area contributed by atoms with Crippen LogP contribution in [0.4, 0.5) is 11.4 Å². The van der Waals surface area contributed by atoms with Crippen molar-refractivity contribution in [2.24, 2.45) is 5.10 Å². The highest BCUT2D eigenvalue weighted by atomic mass is 16.6. The molecule has 11 nitrogen and oxygen atoms in total. The Labute approximate surface area is 242 Å². The van der Waals surface area contributed by atoms with Gasteiger partial charge in [-0.2, -0.15) is 9.78 Å². The van der Waals surface area contributed by atoms with Crippen LogP contribution in [0.15, 0.2) is 70.6 Å². The molecule has 1 amide bonds. The molecule has 1 aliphatic rings. The van der Waals surface area contributed by atoms with Crippen LogP contribution in [-0.4, -0.2) is 40.4 Å². The third-order valence-corrected chi connectivity index (χ3v) is 7.31. The van der Waals surface area contributed by atoms with E-state index in [9.17, 15) is 19.7 Å². The predicted molar refractivity (Wildman–Crippen MR) is 160 cm³/mol. The maximum atomic E-state index is 13.5. The summed E-state index contributed by atoms with van der Waals surface area (Å²) in [6, 6.07) is 17.1. The molecular formula is C31H31N5O6. The SMILES string of the molecule is COc1cc(C=Nn2c(C3CCCCC3)nc3ccccc3c2=O)cc([N+](=O)[O-])c1OCC(=O)Nc1ccccc1C. The molecule has 1 aromatic heterocycles. The number of anilines is 1. The lowest BCUT2D eigenvalue weighted by atomic mass is 9.88. The zero-order chi connectivity index (χ0) is 29.6. The number of nitro groups is 1. The van der Waals surface area contributed by atoms with Gasteiger partial charge >= 0.3 is 5.69 Å². The monoisotopic (exact) mass is 569 g/mol. The van der Waals surface area contributed by atoms with E-state index in [0.717, 1.165) is 37.7 Å². The fraction of sp³-hybridized carbons (Fsp3) is 0.290. The van der Waals surface area contributed by atoms with E-state index in [2.05, 4.69) is 10.4 Å². The van der Waals surface area contributed by atoms with E-state index in [1.54, 1.807) is 24.3 Å². The molecule has 1 saturated carbocycles. The third-order valence-electron chi connectivity index (χ3n) is 7.31. The molecule has 0 spiro atoms. The van der Waals surface area contributed by atoms with Gasteiger partial charge in [0.05, 0.1) is 29.2 Å². The number of aryl methyl sites for hydroxylation is 1. The largest absolute Gasteiger partial charge is 0.493 e. The summed E-state index contributed by atoms with van der Waals surface area (Å²) in [6.07, 6.45) is 6.42. The molecule has 0 saturated heterocycles. The number of fused-ring (bicyclic) bond motifs is 1. The summed E-state index contributed by atoms with van der Waals surface area (Å²) in [6.45, 7) is 1.38. The lowest BCUT2D eigenvalue weighted by Crippen LogP contribution is -2.25. The number of nitro benzene ring substituents is 1. The Morgan fingerprint density at radius 2 is 1.88 bits per heavy atom. The number of aromatic nitrogens is 2. The first-order valence-corrected chi connectivity index (χ1v) is 13.8. The minimum Gasteiger partial charge on any atom is -0.493 e. The molecule has 5 rings (SSSR count). The van der Waals surface area contributed by atoms with Gasteiger partial charge in [-0.15, -0.1) is 0 Å². The number of carbonyl (C=O) groups excluding carboxylic acids is 1. The molecule has 1 heterocycles. The van der Waals surface area contributed by atoms with Crippen LogP contribution in [0.1, 0.15) is 55.0 Å². The number of benzene rings is 3. The Bertz CT molecular complexity index is 1730. The van der Waals surface area contributed by atoms with Crippen LogP contribution in [0, 0.1) is 17.0 Å². The molecule has 0 atom stereocenters. The Morgan fingerprint density at radius 3 is 2.62 bits per heavy atom. The molecule has 1 fully saturated rings. The molecule has 3 aromatic carbocycles. The molecular weight excluding hydrogens is 538 g/mol. The lowest BCUT2D eigenvalue weighted by Gasteiger charge is -2.22. The van der Waals surface area contributed by atoms with Gasteiger partial charge in [0.15, 0.2) is 12.4 Å². The van der Waals surface area contributed by atoms with Crippen molar-refractivity contribution < 1.29 is 19.2 Å². The number of hydrogen-bond donors (Lipinski definition) is 1. The highest BCUT2D eigenvalue weighted by molar-refractivity contribution is 5.92. The summed E-state index contributed by atoms with van der Waals surface area (Å²) in [4.78, 5) is 42.2. The molecule has 216 valence electrons. The summed E-state index contributed by atoms with van der Waals surface area (Å²) in [5.74, 6) is 0.0389. The predicted octanol–water partition coefficient (Wildman–Crippen LogP) is 5.57. The summed E-state index contributed by atoms with van der Waals surface area (Å²) >= 11 is 0. The summed E-state index contributed by atoms with van der Waals surface area (Å²) in [5.41, 5.74) is 1.69. The summed E-state index contributed by atoms with van der Waals surface area (Å²) in [5, 5.41) is 19.7. The average Bonchev–Trinajstić information content (AvgIpc) is 3.00. The number of carbonyl (C=O) groups is 1. The molecule has 11 heteroatoms. The van der Waals surface area contributed by atoms with Gasteiger partial charge in [0, 0.05) is 23.2 Å². The van der Waals surface area contributed by atoms with Gasteiger partial charge in [-0.3, -0.25) is 19.7 Å². The standard InChI is InChI=1S/C31H31N5O6/c1-20-10-6-8-14-24(20)33-28(37)19-42-29-26(36(39)40)16-21(17-27(29)41-2)18-32-35-30(22-11-4-3-5-12-22)34-25-15-9-7-13-23(25)31(35)38/h6-10,13-18,22H,3-5,11-12,19H2,1-2H3,(H,33,37). The van der Waals surface area contributed by atoms with Crippen molar-refractivity contribution in [1.29, 1.82) is 0 Å². The van der Waals surface area contributed by atoms with Gasteiger partial charge in [-0.25, -0.2) is 4.98 Å². The van der Waals surface area contributed by atoms with Crippen molar-refractivity contribution in [3.8, 4) is 11.5 Å². The second-order valence-corrected chi connectivity index (χ2v) is 10.2. The fourth-order valence-corrected chi connectivity index (χ4v) is 5.15. The minimum absolute atomic E-state index is 0.0471. The van der Waals surface area contributed by atoms with E-state index >= 15 is 0 Å². The summed E-state index contributed by atoms with van der Waals surface area (Å²) in [7, 11) is 1.35. The van der Waals surface area contributed by atoms with E-state index in [-0.39, 0.29) is 23.0 Å². The number of rotatable bonds is 9. The maximum Gasteiger partial charge on any atom is 0.315 e. The van der Waals surface area contributed by atoms with E-state index < -0.39 is 23.1 Å². The number of ether oxygens (including phenoxy) is 2. The van der Waals surface area contributed by atoms with Crippen LogP contribution in [0.25, 0.3) is 10.9 Å². The van der Waals surface area contributed by atoms with Gasteiger partial charge in [0.1, 0.15) is 5.82 Å². The maximum absolute atomic E-state index is 13.5. The van der Waals surface area contributed by atoms with Crippen LogP contribution >= 0.6 is 0 Å². The van der Waals surface area contributed by atoms with Crippen molar-refractivity contribution in [3.05, 3.63) is 98.1 Å². The molecule has 4 aromatic rings. The molecule has 1 N–H and O–H groups in total. The first kappa shape index (κ1) is 28.5. The molecule has 42 heavy (non-hydrogen) atoms. The van der Waals surface area contributed by atoms with Crippen LogP contribution < -0.4 is 20.3 Å². The second-order valence-electron chi connectivity index (χ2n) is 10.2. The van der Waals surface area contributed by atoms with Crippen molar-refractivity contribution in [2.75, 3.05) is 19.0 Å². The van der Waals surface area contributed by atoms with E-state index in [1.165, 1.54) is 30.1 Å². The Kier molecular flexibility index (Phi) is 8.56. The van der Waals surface area contributed by atoms with Crippen molar-refractivity contribution >= 4 is 34.4 Å². The van der Waals surface area contributed by atoms with Gasteiger partial charge in [0.2, 0.25) is 5.75 Å². The number of nitrogens with one attached hydrogen (secondary N) is 1. The second kappa shape index (κ2) is 12.6. The Balaban J connectivity index is 1.46. The number of hydrogen-bond acceptors (Lipinski definition) is 8.